The van der Waals surface area contributed by atoms with Gasteiger partial charge in [0.25, 0.3) is 0 Å². The van der Waals surface area contributed by atoms with E-state index in [1.54, 1.807) is 13.1 Å². The maximum Gasteiger partial charge on any atom is 0.244 e. The average Bonchev–Trinajstić information content (AvgIpc) is 3.09. The molecule has 1 unspecified atom stereocenters. The van der Waals surface area contributed by atoms with Gasteiger partial charge in [-0.25, -0.2) is 4.68 Å². The number of nitrogens with two attached hydrogens (primary N) is 1. The fourth-order valence-electron chi connectivity index (χ4n) is 1.51. The van der Waals surface area contributed by atoms with E-state index < -0.39 is 6.04 Å². The number of hydrogen-bond donors (Lipinski definition) is 3. The van der Waals surface area contributed by atoms with E-state index in [0.29, 0.717) is 11.7 Å². The van der Waals surface area contributed by atoms with Crippen LogP contribution < -0.4 is 16.4 Å². The molecule has 1 aliphatic rings. The van der Waals surface area contributed by atoms with Gasteiger partial charge < -0.3 is 16.4 Å². The largest absolute Gasteiger partial charge is 0.352 e. The summed E-state index contributed by atoms with van der Waals surface area (Å²) in [5, 5.41) is 13.3. The Bertz CT molecular complexity index is 468. The molecule has 1 saturated carbocycles. The lowest BCUT2D eigenvalue weighted by Gasteiger charge is -2.10. The highest BCUT2D eigenvalue weighted by Crippen LogP contribution is 2.19. The molecule has 1 heterocycles. The van der Waals surface area contributed by atoms with Crippen molar-refractivity contribution in [3.05, 3.63) is 11.9 Å². The van der Waals surface area contributed by atoms with E-state index in [1.165, 1.54) is 4.68 Å². The molecule has 1 atom stereocenters. The fourth-order valence-corrected chi connectivity index (χ4v) is 1.51. The topological polar surface area (TPSA) is 115 Å². The van der Waals surface area contributed by atoms with E-state index in [0.717, 1.165) is 12.8 Å². The van der Waals surface area contributed by atoms with Crippen LogP contribution in [0.5, 0.6) is 0 Å². The third kappa shape index (κ3) is 3.75. The number of nitrogens with zero attached hydrogens (tertiary/aromatic N) is 3. The zero-order chi connectivity index (χ0) is 13.8. The Balaban J connectivity index is 1.87. The van der Waals surface area contributed by atoms with Crippen molar-refractivity contribution in [2.24, 2.45) is 5.73 Å². The molecule has 1 aromatic heterocycles. The molecule has 0 radical (unpaired) electrons. The van der Waals surface area contributed by atoms with E-state index in [4.69, 9.17) is 5.73 Å². The second-order valence-electron chi connectivity index (χ2n) is 4.63. The van der Waals surface area contributed by atoms with Gasteiger partial charge in [0.2, 0.25) is 11.8 Å². The van der Waals surface area contributed by atoms with Gasteiger partial charge in [-0.2, -0.15) is 0 Å². The second-order valence-corrected chi connectivity index (χ2v) is 4.63. The van der Waals surface area contributed by atoms with E-state index >= 15 is 0 Å². The standard InChI is InChI=1S/C11H18N6O2/c1-7(11(19)14-8-2-3-8)17-6-9(15-16-17)5-13-10(18)4-12/h6-8H,2-5,12H2,1H3,(H,13,18)(H,14,19). The first-order chi connectivity index (χ1) is 9.10. The van der Waals surface area contributed by atoms with Crippen LogP contribution in [0, 0.1) is 0 Å². The van der Waals surface area contributed by atoms with Crippen LogP contribution in [0.1, 0.15) is 31.5 Å². The lowest BCUT2D eigenvalue weighted by atomic mass is 10.3. The molecule has 2 rings (SSSR count). The Morgan fingerprint density at radius 2 is 2.32 bits per heavy atom. The highest BCUT2D eigenvalue weighted by molar-refractivity contribution is 5.80. The number of carbonyl (C=O) groups excluding carboxylic acids is 2. The molecule has 4 N–H and O–H groups in total. The predicted octanol–water partition coefficient (Wildman–Crippen LogP) is -1.31. The van der Waals surface area contributed by atoms with Gasteiger partial charge in [-0.15, -0.1) is 5.10 Å². The van der Waals surface area contributed by atoms with Crippen LogP contribution >= 0.6 is 0 Å². The number of nitrogens with one attached hydrogen (secondary N) is 2. The van der Waals surface area contributed by atoms with Crippen molar-refractivity contribution < 1.29 is 9.59 Å². The molecule has 1 aromatic rings. The molecule has 0 bridgehead atoms. The molecule has 0 saturated heterocycles. The molecule has 8 nitrogen and oxygen atoms in total. The van der Waals surface area contributed by atoms with Gasteiger partial charge in [0.15, 0.2) is 0 Å². The first-order valence-corrected chi connectivity index (χ1v) is 6.28. The summed E-state index contributed by atoms with van der Waals surface area (Å²) >= 11 is 0. The predicted molar refractivity (Wildman–Crippen MR) is 66.8 cm³/mol. The molecular weight excluding hydrogens is 248 g/mol. The van der Waals surface area contributed by atoms with Gasteiger partial charge >= 0.3 is 0 Å². The van der Waals surface area contributed by atoms with Gasteiger partial charge in [-0.05, 0) is 19.8 Å². The molecule has 8 heteroatoms. The van der Waals surface area contributed by atoms with E-state index in [-0.39, 0.29) is 24.9 Å². The Morgan fingerprint density at radius 3 is 2.95 bits per heavy atom. The zero-order valence-electron chi connectivity index (χ0n) is 10.8. The highest BCUT2D eigenvalue weighted by Gasteiger charge is 2.26. The molecule has 1 fully saturated rings. The lowest BCUT2D eigenvalue weighted by Crippen LogP contribution is -2.32. The van der Waals surface area contributed by atoms with Crippen molar-refractivity contribution in [3.63, 3.8) is 0 Å². The number of hydrogen-bond acceptors (Lipinski definition) is 5. The number of rotatable bonds is 6. The van der Waals surface area contributed by atoms with Crippen LogP contribution in [-0.2, 0) is 16.1 Å². The monoisotopic (exact) mass is 266 g/mol. The Morgan fingerprint density at radius 1 is 1.58 bits per heavy atom. The first kappa shape index (κ1) is 13.5. The number of amides is 2. The third-order valence-corrected chi connectivity index (χ3v) is 2.91. The molecule has 19 heavy (non-hydrogen) atoms. The van der Waals surface area contributed by atoms with Gasteiger partial charge in [0.1, 0.15) is 11.7 Å². The van der Waals surface area contributed by atoms with E-state index in [2.05, 4.69) is 20.9 Å². The maximum atomic E-state index is 11.8. The van der Waals surface area contributed by atoms with Crippen molar-refractivity contribution in [1.29, 1.82) is 0 Å². The van der Waals surface area contributed by atoms with Gasteiger partial charge in [-0.1, -0.05) is 5.21 Å². The van der Waals surface area contributed by atoms with Crippen LogP contribution in [0.25, 0.3) is 0 Å². The highest BCUT2D eigenvalue weighted by atomic mass is 16.2. The van der Waals surface area contributed by atoms with Crippen LogP contribution in [0.3, 0.4) is 0 Å². The van der Waals surface area contributed by atoms with Crippen LogP contribution in [-0.4, -0.2) is 39.4 Å². The van der Waals surface area contributed by atoms with Gasteiger partial charge in [-0.3, -0.25) is 9.59 Å². The smallest absolute Gasteiger partial charge is 0.244 e. The number of aromatic nitrogens is 3. The van der Waals surface area contributed by atoms with Crippen LogP contribution in [0.15, 0.2) is 6.20 Å². The van der Waals surface area contributed by atoms with Crippen LogP contribution in [0.2, 0.25) is 0 Å². The summed E-state index contributed by atoms with van der Waals surface area (Å²) < 4.78 is 1.49. The molecular formula is C11H18N6O2. The fraction of sp³-hybridized carbons (Fsp3) is 0.636. The molecule has 104 valence electrons. The van der Waals surface area contributed by atoms with Gasteiger partial charge in [0.05, 0.1) is 19.3 Å². The van der Waals surface area contributed by atoms with Crippen molar-refractivity contribution in [2.75, 3.05) is 6.54 Å². The minimum atomic E-state index is -0.410. The summed E-state index contributed by atoms with van der Waals surface area (Å²) in [7, 11) is 0. The first-order valence-electron chi connectivity index (χ1n) is 6.28. The van der Waals surface area contributed by atoms with Crippen molar-refractivity contribution in [3.8, 4) is 0 Å². The molecule has 0 spiro atoms. The SMILES string of the molecule is CC(C(=O)NC1CC1)n1cc(CNC(=O)CN)nn1. The Kier molecular flexibility index (Phi) is 4.10. The van der Waals surface area contributed by atoms with E-state index in [9.17, 15) is 9.59 Å². The average molecular weight is 266 g/mol. The summed E-state index contributed by atoms with van der Waals surface area (Å²) in [5.74, 6) is -0.320. The maximum absolute atomic E-state index is 11.8. The molecule has 2 amide bonds. The summed E-state index contributed by atoms with van der Waals surface area (Å²) in [5.41, 5.74) is 5.77. The Hall–Kier alpha value is -1.96. The number of carbonyl (C=O) groups is 2. The summed E-state index contributed by atoms with van der Waals surface area (Å²) in [6.45, 7) is 1.95. The minimum Gasteiger partial charge on any atom is -0.352 e. The second kappa shape index (κ2) is 5.79. The molecule has 0 aliphatic heterocycles. The van der Waals surface area contributed by atoms with E-state index in [1.807, 2.05) is 0 Å². The summed E-state index contributed by atoms with van der Waals surface area (Å²) in [6, 6.07) is -0.0890. The minimum absolute atomic E-state index is 0.0612. The summed E-state index contributed by atoms with van der Waals surface area (Å²) in [6.07, 6.45) is 3.74. The third-order valence-electron chi connectivity index (χ3n) is 2.91. The summed E-state index contributed by atoms with van der Waals surface area (Å²) in [4.78, 5) is 22.8. The molecule has 0 aromatic carbocycles. The Labute approximate surface area is 110 Å². The molecule has 1 aliphatic carbocycles. The van der Waals surface area contributed by atoms with Crippen molar-refractivity contribution in [1.82, 2.24) is 25.6 Å². The van der Waals surface area contributed by atoms with Crippen molar-refractivity contribution >= 4 is 11.8 Å². The van der Waals surface area contributed by atoms with Crippen molar-refractivity contribution in [2.45, 2.75) is 38.4 Å². The lowest BCUT2D eigenvalue weighted by molar-refractivity contribution is -0.124. The zero-order valence-corrected chi connectivity index (χ0v) is 10.8. The quantitative estimate of drug-likeness (QED) is 0.591. The van der Waals surface area contributed by atoms with Gasteiger partial charge in [0, 0.05) is 6.04 Å². The van der Waals surface area contributed by atoms with Crippen LogP contribution in [0.4, 0.5) is 0 Å². The normalized spacial score (nSPS) is 15.9.